The summed E-state index contributed by atoms with van der Waals surface area (Å²) in [5.41, 5.74) is 7.30. The van der Waals surface area contributed by atoms with Gasteiger partial charge in [0.2, 0.25) is 0 Å². The number of likely N-dealkylation sites (N-methyl/N-ethyl adjacent to an activating group) is 1. The van der Waals surface area contributed by atoms with Crippen molar-refractivity contribution in [2.24, 2.45) is 12.8 Å². The van der Waals surface area contributed by atoms with Crippen LogP contribution in [0.3, 0.4) is 0 Å². The molecule has 0 saturated carbocycles. The molecule has 2 rings (SSSR count). The van der Waals surface area contributed by atoms with Gasteiger partial charge in [-0.3, -0.25) is 4.68 Å². The van der Waals surface area contributed by atoms with Crippen LogP contribution in [-0.4, -0.2) is 45.8 Å². The van der Waals surface area contributed by atoms with Crippen molar-refractivity contribution in [1.82, 2.24) is 14.7 Å². The van der Waals surface area contributed by atoms with E-state index >= 15 is 0 Å². The van der Waals surface area contributed by atoms with E-state index in [-0.39, 0.29) is 6.04 Å². The topological polar surface area (TPSA) is 47.1 Å². The fraction of sp³-hybridized carbons (Fsp3) is 0.727. The molecule has 1 aliphatic rings. The van der Waals surface area contributed by atoms with Gasteiger partial charge < -0.3 is 10.6 Å². The number of nitrogens with two attached hydrogens (primary N) is 1. The summed E-state index contributed by atoms with van der Waals surface area (Å²) >= 11 is 2.04. The molecule has 0 radical (unpaired) electrons. The lowest BCUT2D eigenvalue weighted by molar-refractivity contribution is 0.247. The third kappa shape index (κ3) is 2.78. The van der Waals surface area contributed by atoms with Gasteiger partial charge in [0.25, 0.3) is 0 Å². The molecule has 0 spiro atoms. The Labute approximate surface area is 101 Å². The monoisotopic (exact) mass is 240 g/mol. The van der Waals surface area contributed by atoms with Gasteiger partial charge in [0, 0.05) is 43.2 Å². The van der Waals surface area contributed by atoms with Gasteiger partial charge in [0.05, 0.1) is 6.20 Å². The van der Waals surface area contributed by atoms with Crippen LogP contribution in [0.5, 0.6) is 0 Å². The zero-order valence-electron chi connectivity index (χ0n) is 9.97. The van der Waals surface area contributed by atoms with Crippen molar-refractivity contribution in [3.63, 3.8) is 0 Å². The molecule has 1 aromatic rings. The molecule has 2 N–H and O–H groups in total. The maximum absolute atomic E-state index is 6.18. The molecule has 4 nitrogen and oxygen atoms in total. The molecular formula is C11H20N4S. The van der Waals surface area contributed by atoms with E-state index in [2.05, 4.69) is 17.0 Å². The number of hydrogen-bond donors (Lipinski definition) is 1. The van der Waals surface area contributed by atoms with E-state index in [1.807, 2.05) is 31.2 Å². The Balaban J connectivity index is 1.88. The second-order valence-electron chi connectivity index (χ2n) is 4.51. The van der Waals surface area contributed by atoms with E-state index < -0.39 is 0 Å². The first-order valence-electron chi connectivity index (χ1n) is 5.69. The number of hydrogen-bond acceptors (Lipinski definition) is 4. The molecule has 1 fully saturated rings. The average Bonchev–Trinajstić information content (AvgIpc) is 2.87. The van der Waals surface area contributed by atoms with Crippen LogP contribution >= 0.6 is 11.8 Å². The Morgan fingerprint density at radius 3 is 3.12 bits per heavy atom. The molecule has 0 amide bonds. The highest BCUT2D eigenvalue weighted by Gasteiger charge is 2.22. The van der Waals surface area contributed by atoms with Gasteiger partial charge in [-0.25, -0.2) is 0 Å². The van der Waals surface area contributed by atoms with Gasteiger partial charge in [-0.1, -0.05) is 0 Å². The normalized spacial score (nSPS) is 22.9. The molecule has 0 bridgehead atoms. The minimum atomic E-state index is 0.0734. The summed E-state index contributed by atoms with van der Waals surface area (Å²) < 4.78 is 1.81. The maximum atomic E-state index is 6.18. The van der Waals surface area contributed by atoms with Gasteiger partial charge >= 0.3 is 0 Å². The maximum Gasteiger partial charge on any atom is 0.0537 e. The Morgan fingerprint density at radius 1 is 1.75 bits per heavy atom. The minimum absolute atomic E-state index is 0.0734. The van der Waals surface area contributed by atoms with Crippen molar-refractivity contribution in [3.05, 3.63) is 18.0 Å². The summed E-state index contributed by atoms with van der Waals surface area (Å²) in [5, 5.41) is 4.16. The van der Waals surface area contributed by atoms with E-state index in [0.29, 0.717) is 6.04 Å². The molecule has 2 unspecified atom stereocenters. The van der Waals surface area contributed by atoms with E-state index in [4.69, 9.17) is 5.73 Å². The molecule has 16 heavy (non-hydrogen) atoms. The third-order valence-electron chi connectivity index (χ3n) is 3.17. The Kier molecular flexibility index (Phi) is 3.89. The summed E-state index contributed by atoms with van der Waals surface area (Å²) in [5.74, 6) is 2.54. The first-order valence-corrected chi connectivity index (χ1v) is 6.84. The zero-order valence-corrected chi connectivity index (χ0v) is 10.8. The number of aryl methyl sites for hydroxylation is 1. The molecule has 2 heterocycles. The Morgan fingerprint density at radius 2 is 2.56 bits per heavy atom. The standard InChI is InChI=1S/C11H20N4S/c1-14(10-3-4-16-8-10)7-11(12)9-5-13-15(2)6-9/h5-6,10-11H,3-4,7-8,12H2,1-2H3. The van der Waals surface area contributed by atoms with Crippen LogP contribution in [0, 0.1) is 0 Å². The van der Waals surface area contributed by atoms with Crippen molar-refractivity contribution < 1.29 is 0 Å². The van der Waals surface area contributed by atoms with Crippen molar-refractivity contribution in [2.45, 2.75) is 18.5 Å². The number of thioether (sulfide) groups is 1. The van der Waals surface area contributed by atoms with Crippen LogP contribution in [-0.2, 0) is 7.05 Å². The molecular weight excluding hydrogens is 220 g/mol. The van der Waals surface area contributed by atoms with Gasteiger partial charge in [0.15, 0.2) is 0 Å². The van der Waals surface area contributed by atoms with Gasteiger partial charge in [0.1, 0.15) is 0 Å². The molecule has 2 atom stereocenters. The molecule has 1 aromatic heterocycles. The summed E-state index contributed by atoms with van der Waals surface area (Å²) in [7, 11) is 4.10. The van der Waals surface area contributed by atoms with Gasteiger partial charge in [-0.05, 0) is 19.2 Å². The van der Waals surface area contributed by atoms with Crippen LogP contribution in [0.1, 0.15) is 18.0 Å². The predicted molar refractivity (Wildman–Crippen MR) is 68.5 cm³/mol. The van der Waals surface area contributed by atoms with E-state index in [1.54, 1.807) is 4.68 Å². The van der Waals surface area contributed by atoms with Gasteiger partial charge in [-0.2, -0.15) is 16.9 Å². The number of nitrogens with zero attached hydrogens (tertiary/aromatic N) is 3. The van der Waals surface area contributed by atoms with Crippen molar-refractivity contribution in [2.75, 3.05) is 25.1 Å². The molecule has 1 saturated heterocycles. The summed E-state index contributed by atoms with van der Waals surface area (Å²) in [4.78, 5) is 2.39. The molecule has 5 heteroatoms. The lowest BCUT2D eigenvalue weighted by Crippen LogP contribution is -2.37. The largest absolute Gasteiger partial charge is 0.323 e. The fourth-order valence-electron chi connectivity index (χ4n) is 2.07. The summed E-state index contributed by atoms with van der Waals surface area (Å²) in [6, 6.07) is 0.775. The SMILES string of the molecule is CN(CC(N)c1cnn(C)c1)C1CCSC1. The average molecular weight is 240 g/mol. The van der Waals surface area contributed by atoms with Crippen LogP contribution in [0.15, 0.2) is 12.4 Å². The quantitative estimate of drug-likeness (QED) is 0.848. The van der Waals surface area contributed by atoms with Gasteiger partial charge in [-0.15, -0.1) is 0 Å². The highest BCUT2D eigenvalue weighted by molar-refractivity contribution is 7.99. The number of aromatic nitrogens is 2. The lowest BCUT2D eigenvalue weighted by Gasteiger charge is -2.26. The predicted octanol–water partition coefficient (Wildman–Crippen LogP) is 0.857. The molecule has 90 valence electrons. The van der Waals surface area contributed by atoms with Crippen LogP contribution < -0.4 is 5.73 Å². The first kappa shape index (κ1) is 12.0. The second kappa shape index (κ2) is 5.21. The van der Waals surface area contributed by atoms with E-state index in [0.717, 1.165) is 12.1 Å². The molecule has 0 aromatic carbocycles. The lowest BCUT2D eigenvalue weighted by atomic mass is 10.1. The first-order chi connectivity index (χ1) is 7.66. The molecule has 0 aliphatic carbocycles. The highest BCUT2D eigenvalue weighted by atomic mass is 32.2. The molecule has 1 aliphatic heterocycles. The minimum Gasteiger partial charge on any atom is -0.323 e. The van der Waals surface area contributed by atoms with Crippen molar-refractivity contribution >= 4 is 11.8 Å². The van der Waals surface area contributed by atoms with Crippen molar-refractivity contribution in [1.29, 1.82) is 0 Å². The summed E-state index contributed by atoms with van der Waals surface area (Å²) in [6.45, 7) is 0.914. The van der Waals surface area contributed by atoms with Crippen LogP contribution in [0.4, 0.5) is 0 Å². The highest BCUT2D eigenvalue weighted by Crippen LogP contribution is 2.22. The van der Waals surface area contributed by atoms with E-state index in [1.165, 1.54) is 17.9 Å². The smallest absolute Gasteiger partial charge is 0.0537 e. The van der Waals surface area contributed by atoms with Crippen molar-refractivity contribution in [3.8, 4) is 0 Å². The second-order valence-corrected chi connectivity index (χ2v) is 5.66. The Bertz CT molecular complexity index is 332. The zero-order chi connectivity index (χ0) is 11.5. The number of rotatable bonds is 4. The third-order valence-corrected chi connectivity index (χ3v) is 4.31. The summed E-state index contributed by atoms with van der Waals surface area (Å²) in [6.07, 6.45) is 5.16. The van der Waals surface area contributed by atoms with E-state index in [9.17, 15) is 0 Å². The fourth-order valence-corrected chi connectivity index (χ4v) is 3.36. The van der Waals surface area contributed by atoms with Crippen LogP contribution in [0.2, 0.25) is 0 Å². The van der Waals surface area contributed by atoms with Crippen LogP contribution in [0.25, 0.3) is 0 Å². The Hall–Kier alpha value is -0.520.